The molecular weight excluding hydrogens is 479 g/mol. The summed E-state index contributed by atoms with van der Waals surface area (Å²) in [7, 11) is 0. The number of hydrogen-bond donors (Lipinski definition) is 0. The third-order valence-corrected chi connectivity index (χ3v) is 6.18. The molecule has 3 aromatic heterocycles. The van der Waals surface area contributed by atoms with E-state index in [1.807, 2.05) is 6.26 Å². The zero-order valence-corrected chi connectivity index (χ0v) is 19.3. The number of halogens is 4. The largest absolute Gasteiger partial charge is 0.461 e. The lowest BCUT2D eigenvalue weighted by molar-refractivity contribution is -0.137. The van der Waals surface area contributed by atoms with Crippen LogP contribution < -0.4 is 4.90 Å². The maximum atomic E-state index is 13.3. The van der Waals surface area contributed by atoms with Gasteiger partial charge in [-0.1, -0.05) is 11.6 Å². The molecule has 0 spiro atoms. The van der Waals surface area contributed by atoms with Crippen molar-refractivity contribution in [3.63, 3.8) is 0 Å². The molecule has 0 radical (unpaired) electrons. The Morgan fingerprint density at radius 1 is 1.21 bits per heavy atom. The second kappa shape index (κ2) is 9.22. The Kier molecular flexibility index (Phi) is 6.53. The number of thioether (sulfide) groups is 1. The van der Waals surface area contributed by atoms with E-state index >= 15 is 0 Å². The van der Waals surface area contributed by atoms with Crippen LogP contribution in [0.25, 0.3) is 11.6 Å². The van der Waals surface area contributed by atoms with Crippen LogP contribution in [0.1, 0.15) is 21.6 Å². The number of carbonyl (C=O) groups is 1. The van der Waals surface area contributed by atoms with Gasteiger partial charge in [0.05, 0.1) is 28.1 Å². The van der Waals surface area contributed by atoms with Crippen molar-refractivity contribution in [3.8, 4) is 11.6 Å². The smallest absolute Gasteiger partial charge is 0.417 e. The van der Waals surface area contributed by atoms with Crippen LogP contribution in [-0.4, -0.2) is 58.2 Å². The van der Waals surface area contributed by atoms with E-state index in [9.17, 15) is 18.0 Å². The summed E-state index contributed by atoms with van der Waals surface area (Å²) < 4.78 is 44.0. The fourth-order valence-corrected chi connectivity index (χ4v) is 4.46. The molecule has 33 heavy (non-hydrogen) atoms. The van der Waals surface area contributed by atoms with Crippen LogP contribution in [0.3, 0.4) is 0 Å². The number of aromatic nitrogens is 3. The molecule has 3 aromatic rings. The van der Waals surface area contributed by atoms with E-state index in [2.05, 4.69) is 15.0 Å². The minimum atomic E-state index is -4.51. The molecule has 0 unspecified atom stereocenters. The molecule has 4 heterocycles. The molecular formula is C21H19ClF3N5O2S. The lowest BCUT2D eigenvalue weighted by Gasteiger charge is -2.36. The molecule has 0 bridgehead atoms. The third kappa shape index (κ3) is 4.79. The minimum absolute atomic E-state index is 0.0768. The van der Waals surface area contributed by atoms with Gasteiger partial charge in [-0.3, -0.25) is 4.79 Å². The Morgan fingerprint density at radius 2 is 1.94 bits per heavy atom. The number of nitrogens with zero attached hydrogens (tertiary/aromatic N) is 5. The van der Waals surface area contributed by atoms with Crippen molar-refractivity contribution >= 4 is 35.1 Å². The molecule has 7 nitrogen and oxygen atoms in total. The predicted octanol–water partition coefficient (Wildman–Crippen LogP) is 4.80. The van der Waals surface area contributed by atoms with E-state index in [0.29, 0.717) is 54.0 Å². The molecule has 0 atom stereocenters. The number of anilines is 1. The first-order valence-corrected chi connectivity index (χ1v) is 11.5. The number of pyridine rings is 1. The quantitative estimate of drug-likeness (QED) is 0.378. The number of hydrogen-bond acceptors (Lipinski definition) is 7. The van der Waals surface area contributed by atoms with E-state index in [1.165, 1.54) is 18.0 Å². The monoisotopic (exact) mass is 497 g/mol. The molecule has 0 N–H and O–H groups in total. The van der Waals surface area contributed by atoms with Crippen LogP contribution >= 0.6 is 23.4 Å². The number of furan rings is 1. The van der Waals surface area contributed by atoms with E-state index < -0.39 is 11.7 Å². The maximum Gasteiger partial charge on any atom is 0.417 e. The Balaban J connectivity index is 1.50. The van der Waals surface area contributed by atoms with Crippen molar-refractivity contribution in [3.05, 3.63) is 52.5 Å². The molecule has 12 heteroatoms. The first-order valence-electron chi connectivity index (χ1n) is 9.92. The first kappa shape index (κ1) is 23.4. The van der Waals surface area contributed by atoms with Gasteiger partial charge in [0.1, 0.15) is 10.8 Å². The Labute approximate surface area is 197 Å². The molecule has 1 aliphatic heterocycles. The summed E-state index contributed by atoms with van der Waals surface area (Å²) in [6.45, 7) is 3.21. The second-order valence-corrected chi connectivity index (χ2v) is 8.50. The molecule has 0 aromatic carbocycles. The van der Waals surface area contributed by atoms with Gasteiger partial charge in [0.2, 0.25) is 0 Å². The predicted molar refractivity (Wildman–Crippen MR) is 119 cm³/mol. The highest BCUT2D eigenvalue weighted by atomic mass is 35.5. The van der Waals surface area contributed by atoms with Gasteiger partial charge in [0, 0.05) is 32.4 Å². The normalized spacial score (nSPS) is 14.6. The average molecular weight is 498 g/mol. The number of amides is 1. The lowest BCUT2D eigenvalue weighted by atomic mass is 10.2. The molecule has 174 valence electrons. The van der Waals surface area contributed by atoms with Crippen LogP contribution in [-0.2, 0) is 6.18 Å². The van der Waals surface area contributed by atoms with Crippen LogP contribution in [0.2, 0.25) is 5.02 Å². The van der Waals surface area contributed by atoms with Gasteiger partial charge in [0.15, 0.2) is 11.6 Å². The van der Waals surface area contributed by atoms with Gasteiger partial charge < -0.3 is 14.2 Å². The highest BCUT2D eigenvalue weighted by molar-refractivity contribution is 7.98. The second-order valence-electron chi connectivity index (χ2n) is 7.30. The summed E-state index contributed by atoms with van der Waals surface area (Å²) in [5.41, 5.74) is 0.0701. The number of rotatable bonds is 4. The van der Waals surface area contributed by atoms with Crippen molar-refractivity contribution in [2.75, 3.05) is 37.3 Å². The van der Waals surface area contributed by atoms with E-state index in [0.717, 1.165) is 12.3 Å². The zero-order valence-electron chi connectivity index (χ0n) is 17.7. The first-order chi connectivity index (χ1) is 15.7. The zero-order chi connectivity index (χ0) is 23.8. The van der Waals surface area contributed by atoms with Crippen LogP contribution in [0.15, 0.2) is 40.1 Å². The standard InChI is InChI=1S/C21H19ClF3N5O2S/c1-12-16(19(33-2)28-17(27-12)15-4-3-9-32-15)20(31)30-7-5-29(6-8-30)18-14(22)10-13(11-26-18)21(23,24)25/h3-4,9-11H,5-8H2,1-2H3. The molecule has 4 rings (SSSR count). The van der Waals surface area contributed by atoms with E-state index in [-0.39, 0.29) is 16.7 Å². The Morgan fingerprint density at radius 3 is 2.52 bits per heavy atom. The van der Waals surface area contributed by atoms with Gasteiger partial charge >= 0.3 is 6.18 Å². The number of carbonyl (C=O) groups excluding carboxylic acids is 1. The van der Waals surface area contributed by atoms with Crippen LogP contribution in [0.5, 0.6) is 0 Å². The van der Waals surface area contributed by atoms with E-state index in [4.69, 9.17) is 16.0 Å². The van der Waals surface area contributed by atoms with Crippen molar-refractivity contribution in [1.82, 2.24) is 19.9 Å². The summed E-state index contributed by atoms with van der Waals surface area (Å²) in [6, 6.07) is 4.36. The van der Waals surface area contributed by atoms with Crippen LogP contribution in [0.4, 0.5) is 19.0 Å². The van der Waals surface area contributed by atoms with Gasteiger partial charge in [-0.2, -0.15) is 13.2 Å². The number of piperazine rings is 1. The van der Waals surface area contributed by atoms with Crippen LogP contribution in [0, 0.1) is 6.92 Å². The highest BCUT2D eigenvalue weighted by Crippen LogP contribution is 2.34. The fourth-order valence-electron chi connectivity index (χ4n) is 3.55. The summed E-state index contributed by atoms with van der Waals surface area (Å²) in [5, 5.41) is 0.473. The number of alkyl halides is 3. The molecule has 1 amide bonds. The van der Waals surface area contributed by atoms with Crippen molar-refractivity contribution in [1.29, 1.82) is 0 Å². The highest BCUT2D eigenvalue weighted by Gasteiger charge is 2.33. The summed E-state index contributed by atoms with van der Waals surface area (Å²) in [6.07, 6.45) is -0.379. The van der Waals surface area contributed by atoms with E-state index in [1.54, 1.807) is 28.9 Å². The Hall–Kier alpha value is -2.79. The maximum absolute atomic E-state index is 13.3. The van der Waals surface area contributed by atoms with Crippen molar-refractivity contribution < 1.29 is 22.4 Å². The molecule has 0 saturated carbocycles. The van der Waals surface area contributed by atoms with Gasteiger partial charge in [-0.05, 0) is 31.4 Å². The fraction of sp³-hybridized carbons (Fsp3) is 0.333. The molecule has 1 aliphatic rings. The van der Waals surface area contributed by atoms with Gasteiger partial charge in [-0.25, -0.2) is 15.0 Å². The molecule has 1 fully saturated rings. The summed E-state index contributed by atoms with van der Waals surface area (Å²) in [4.78, 5) is 29.6. The minimum Gasteiger partial charge on any atom is -0.461 e. The lowest BCUT2D eigenvalue weighted by Crippen LogP contribution is -2.49. The van der Waals surface area contributed by atoms with Gasteiger partial charge in [0.25, 0.3) is 5.91 Å². The van der Waals surface area contributed by atoms with Crippen molar-refractivity contribution in [2.24, 2.45) is 0 Å². The Bertz CT molecular complexity index is 1170. The van der Waals surface area contributed by atoms with Gasteiger partial charge in [-0.15, -0.1) is 11.8 Å². The van der Waals surface area contributed by atoms with Crippen molar-refractivity contribution in [2.45, 2.75) is 18.1 Å². The molecule has 1 saturated heterocycles. The topological polar surface area (TPSA) is 75.4 Å². The number of aryl methyl sites for hydroxylation is 1. The third-order valence-electron chi connectivity index (χ3n) is 5.22. The summed E-state index contributed by atoms with van der Waals surface area (Å²) in [5.74, 6) is 0.992. The SMILES string of the molecule is CSc1nc(-c2ccco2)nc(C)c1C(=O)N1CCN(c2ncc(C(F)(F)F)cc2Cl)CC1. The average Bonchev–Trinajstić information content (AvgIpc) is 3.32. The molecule has 0 aliphatic carbocycles. The summed E-state index contributed by atoms with van der Waals surface area (Å²) >= 11 is 7.42.